The molecule has 0 aliphatic rings. The highest BCUT2D eigenvalue weighted by Crippen LogP contribution is 2.27. The number of halogens is 1. The van der Waals surface area contributed by atoms with E-state index in [0.717, 1.165) is 49.1 Å². The van der Waals surface area contributed by atoms with Gasteiger partial charge in [-0.05, 0) is 37.1 Å². The molecule has 0 fully saturated rings. The lowest BCUT2D eigenvalue weighted by Gasteiger charge is -2.22. The van der Waals surface area contributed by atoms with Gasteiger partial charge in [-0.15, -0.1) is 0 Å². The van der Waals surface area contributed by atoms with Crippen LogP contribution in [0.1, 0.15) is 38.5 Å². The van der Waals surface area contributed by atoms with Crippen LogP contribution < -0.4 is 10.4 Å². The Morgan fingerprint density at radius 1 is 1.14 bits per heavy atom. The normalized spacial score (nSPS) is 11.0. The zero-order chi connectivity index (χ0) is 20.6. The zero-order valence-corrected chi connectivity index (χ0v) is 16.5. The maximum Gasteiger partial charge on any atom is 0.243 e. The van der Waals surface area contributed by atoms with Crippen molar-refractivity contribution >= 4 is 28.7 Å². The number of unbranched alkanes of at least 4 members (excludes halogenated alkanes) is 4. The van der Waals surface area contributed by atoms with Crippen LogP contribution in [0.3, 0.4) is 0 Å². The fourth-order valence-corrected chi connectivity index (χ4v) is 3.36. The van der Waals surface area contributed by atoms with Gasteiger partial charge in [0.2, 0.25) is 11.9 Å². The first-order chi connectivity index (χ1) is 14.1. The molecule has 0 saturated heterocycles. The number of hydrogen-bond donors (Lipinski definition) is 2. The van der Waals surface area contributed by atoms with Crippen molar-refractivity contribution in [3.05, 3.63) is 48.4 Å². The van der Waals surface area contributed by atoms with Gasteiger partial charge in [0.25, 0.3) is 0 Å². The summed E-state index contributed by atoms with van der Waals surface area (Å²) >= 11 is 0. The van der Waals surface area contributed by atoms with E-state index < -0.39 is 0 Å². The standard InChI is InChI=1S/C21H26FN5O2/c1-26-18-10-7-6-9-17(18)24-21(26)27(19-13-12-16(22)15-23-19)14-8-4-2-3-5-11-20(28)25-29/h6-7,9-10,12-13,15,29H,2-5,8,11,14H2,1H3,(H,25,28). The molecule has 0 unspecified atom stereocenters. The molecule has 0 aliphatic heterocycles. The first kappa shape index (κ1) is 20.7. The maximum atomic E-state index is 13.4. The second-order valence-corrected chi connectivity index (χ2v) is 7.00. The highest BCUT2D eigenvalue weighted by atomic mass is 19.1. The fraction of sp³-hybridized carbons (Fsp3) is 0.381. The van der Waals surface area contributed by atoms with Crippen LogP contribution >= 0.6 is 0 Å². The minimum atomic E-state index is -0.370. The maximum absolute atomic E-state index is 13.4. The first-order valence-corrected chi connectivity index (χ1v) is 9.83. The SMILES string of the molecule is Cn1c(N(CCCCCCCC(=O)NO)c2ccc(F)cn2)nc2ccccc21. The molecular formula is C21H26FN5O2. The Morgan fingerprint density at radius 3 is 2.62 bits per heavy atom. The number of pyridine rings is 1. The number of anilines is 2. The lowest BCUT2D eigenvalue weighted by Crippen LogP contribution is -2.23. The van der Waals surface area contributed by atoms with Gasteiger partial charge in [-0.3, -0.25) is 14.9 Å². The molecule has 0 atom stereocenters. The Labute approximate surface area is 169 Å². The summed E-state index contributed by atoms with van der Waals surface area (Å²) in [6.07, 6.45) is 6.12. The number of carbonyl (C=O) groups is 1. The van der Waals surface area contributed by atoms with Gasteiger partial charge in [0.1, 0.15) is 11.6 Å². The molecule has 3 aromatic rings. The van der Waals surface area contributed by atoms with E-state index in [9.17, 15) is 9.18 Å². The van der Waals surface area contributed by atoms with E-state index >= 15 is 0 Å². The molecule has 0 aliphatic carbocycles. The number of benzene rings is 1. The van der Waals surface area contributed by atoms with Crippen LogP contribution in [0.5, 0.6) is 0 Å². The first-order valence-electron chi connectivity index (χ1n) is 9.83. The lowest BCUT2D eigenvalue weighted by molar-refractivity contribution is -0.129. The van der Waals surface area contributed by atoms with E-state index in [1.54, 1.807) is 11.5 Å². The molecule has 1 aromatic carbocycles. The smallest absolute Gasteiger partial charge is 0.243 e. The molecule has 3 rings (SSSR count). The summed E-state index contributed by atoms with van der Waals surface area (Å²) in [6.45, 7) is 0.701. The Hall–Kier alpha value is -3.00. The van der Waals surface area contributed by atoms with Gasteiger partial charge in [0.05, 0.1) is 17.2 Å². The number of rotatable bonds is 10. The molecule has 0 spiro atoms. The molecule has 8 heteroatoms. The number of hydrogen-bond acceptors (Lipinski definition) is 5. The number of fused-ring (bicyclic) bond motifs is 1. The Morgan fingerprint density at radius 2 is 1.90 bits per heavy atom. The van der Waals surface area contributed by atoms with E-state index in [1.165, 1.54) is 12.3 Å². The Kier molecular flexibility index (Phi) is 7.13. The molecule has 1 amide bonds. The summed E-state index contributed by atoms with van der Waals surface area (Å²) in [5.74, 6) is 0.709. The molecule has 2 aromatic heterocycles. The molecule has 2 N–H and O–H groups in total. The van der Waals surface area contributed by atoms with Crippen LogP contribution in [0.4, 0.5) is 16.2 Å². The largest absolute Gasteiger partial charge is 0.313 e. The van der Waals surface area contributed by atoms with Crippen molar-refractivity contribution in [2.45, 2.75) is 38.5 Å². The van der Waals surface area contributed by atoms with Gasteiger partial charge in [-0.2, -0.15) is 0 Å². The third kappa shape index (κ3) is 5.29. The van der Waals surface area contributed by atoms with Gasteiger partial charge < -0.3 is 4.57 Å². The van der Waals surface area contributed by atoms with Crippen molar-refractivity contribution in [2.75, 3.05) is 11.4 Å². The predicted molar refractivity (Wildman–Crippen MR) is 110 cm³/mol. The van der Waals surface area contributed by atoms with Crippen molar-refractivity contribution in [1.82, 2.24) is 20.0 Å². The van der Waals surface area contributed by atoms with Crippen molar-refractivity contribution < 1.29 is 14.4 Å². The van der Waals surface area contributed by atoms with E-state index in [4.69, 9.17) is 10.2 Å². The Bertz CT molecular complexity index is 942. The second-order valence-electron chi connectivity index (χ2n) is 7.00. The summed E-state index contributed by atoms with van der Waals surface area (Å²) in [4.78, 5) is 22.0. The van der Waals surface area contributed by atoms with Crippen LogP contribution in [0.2, 0.25) is 0 Å². The van der Waals surface area contributed by atoms with Crippen LogP contribution in [0, 0.1) is 5.82 Å². The zero-order valence-electron chi connectivity index (χ0n) is 16.5. The number of aryl methyl sites for hydroxylation is 1. The van der Waals surface area contributed by atoms with Crippen molar-refractivity contribution in [3.8, 4) is 0 Å². The van der Waals surface area contributed by atoms with Crippen molar-refractivity contribution in [2.24, 2.45) is 7.05 Å². The number of aromatic nitrogens is 3. The number of nitrogens with one attached hydrogen (secondary N) is 1. The summed E-state index contributed by atoms with van der Waals surface area (Å²) in [5, 5.41) is 8.50. The molecule has 29 heavy (non-hydrogen) atoms. The van der Waals surface area contributed by atoms with Crippen LogP contribution in [0.25, 0.3) is 11.0 Å². The van der Waals surface area contributed by atoms with E-state index in [1.807, 2.05) is 40.8 Å². The molecule has 154 valence electrons. The van der Waals surface area contributed by atoms with Crippen molar-refractivity contribution in [3.63, 3.8) is 0 Å². The number of carbonyl (C=O) groups excluding carboxylic acids is 1. The number of nitrogens with zero attached hydrogens (tertiary/aromatic N) is 4. The van der Waals surface area contributed by atoms with E-state index in [0.29, 0.717) is 18.8 Å². The average Bonchev–Trinajstić information content (AvgIpc) is 3.07. The number of hydroxylamine groups is 1. The molecule has 0 radical (unpaired) electrons. The minimum absolute atomic E-state index is 0.335. The second kappa shape index (κ2) is 9.97. The number of para-hydroxylation sites is 2. The van der Waals surface area contributed by atoms with E-state index in [2.05, 4.69) is 4.98 Å². The number of amides is 1. The lowest BCUT2D eigenvalue weighted by atomic mass is 10.1. The average molecular weight is 399 g/mol. The molecule has 0 saturated carbocycles. The fourth-order valence-electron chi connectivity index (χ4n) is 3.36. The molecule has 0 bridgehead atoms. The molecular weight excluding hydrogens is 373 g/mol. The van der Waals surface area contributed by atoms with Gasteiger partial charge in [0, 0.05) is 20.0 Å². The van der Waals surface area contributed by atoms with Gasteiger partial charge in [-0.1, -0.05) is 31.4 Å². The van der Waals surface area contributed by atoms with Gasteiger partial charge in [-0.25, -0.2) is 19.8 Å². The summed E-state index contributed by atoms with van der Waals surface area (Å²) in [6, 6.07) is 11.0. The summed E-state index contributed by atoms with van der Waals surface area (Å²) < 4.78 is 15.4. The van der Waals surface area contributed by atoms with Crippen LogP contribution in [0.15, 0.2) is 42.6 Å². The van der Waals surface area contributed by atoms with Gasteiger partial charge in [0.15, 0.2) is 0 Å². The summed E-state index contributed by atoms with van der Waals surface area (Å²) in [7, 11) is 1.97. The quantitative estimate of drug-likeness (QED) is 0.305. The third-order valence-corrected chi connectivity index (χ3v) is 4.90. The highest BCUT2D eigenvalue weighted by molar-refractivity contribution is 5.79. The van der Waals surface area contributed by atoms with Crippen LogP contribution in [-0.4, -0.2) is 32.2 Å². The van der Waals surface area contributed by atoms with E-state index in [-0.39, 0.29) is 11.7 Å². The van der Waals surface area contributed by atoms with Crippen LogP contribution in [-0.2, 0) is 11.8 Å². The van der Waals surface area contributed by atoms with Crippen molar-refractivity contribution in [1.29, 1.82) is 0 Å². The highest BCUT2D eigenvalue weighted by Gasteiger charge is 2.17. The summed E-state index contributed by atoms with van der Waals surface area (Å²) in [5.41, 5.74) is 3.58. The van der Waals surface area contributed by atoms with Gasteiger partial charge >= 0.3 is 0 Å². The topological polar surface area (TPSA) is 83.3 Å². The Balaban J connectivity index is 1.67. The minimum Gasteiger partial charge on any atom is -0.313 e. The predicted octanol–water partition coefficient (Wildman–Crippen LogP) is 4.09. The number of imidazole rings is 1. The molecule has 7 nitrogen and oxygen atoms in total. The third-order valence-electron chi connectivity index (χ3n) is 4.90. The molecule has 2 heterocycles. The monoisotopic (exact) mass is 399 g/mol.